The Bertz CT molecular complexity index is 1190. The van der Waals surface area contributed by atoms with Crippen molar-refractivity contribution in [3.05, 3.63) is 89.6 Å². The fraction of sp³-hybridized carbons (Fsp3) is 0.160. The van der Waals surface area contributed by atoms with E-state index in [9.17, 15) is 0 Å². The first-order chi connectivity index (χ1) is 13.1. The average Bonchev–Trinajstić information content (AvgIpc) is 2.67. The van der Waals surface area contributed by atoms with Crippen LogP contribution < -0.4 is 4.74 Å². The molecule has 0 saturated carbocycles. The van der Waals surface area contributed by atoms with Gasteiger partial charge in [0.05, 0.1) is 5.69 Å². The topological polar surface area (TPSA) is 22.1 Å². The maximum atomic E-state index is 6.51. The Morgan fingerprint density at radius 1 is 0.889 bits per heavy atom. The molecular weight excluding hydrogens is 330 g/mol. The molecule has 0 unspecified atom stereocenters. The number of ether oxygens (including phenoxy) is 1. The second-order valence-electron chi connectivity index (χ2n) is 7.79. The third-order valence-corrected chi connectivity index (χ3v) is 5.61. The van der Waals surface area contributed by atoms with Crippen LogP contribution in [0.5, 0.6) is 11.5 Å². The van der Waals surface area contributed by atoms with E-state index in [1.54, 1.807) is 0 Å². The van der Waals surface area contributed by atoms with Crippen LogP contribution in [0.1, 0.15) is 30.5 Å². The van der Waals surface area contributed by atoms with Gasteiger partial charge in [0.2, 0.25) is 0 Å². The van der Waals surface area contributed by atoms with Crippen molar-refractivity contribution in [3.63, 3.8) is 0 Å². The van der Waals surface area contributed by atoms with Gasteiger partial charge in [-0.1, -0.05) is 56.3 Å². The summed E-state index contributed by atoms with van der Waals surface area (Å²) < 4.78 is 6.51. The molecule has 2 heterocycles. The first kappa shape index (κ1) is 16.1. The molecule has 4 aromatic rings. The Balaban J connectivity index is 1.79. The van der Waals surface area contributed by atoms with Crippen LogP contribution in [0.25, 0.3) is 22.0 Å². The molecular formula is C25H21NO. The number of benzene rings is 3. The van der Waals surface area contributed by atoms with Crippen LogP contribution >= 0.6 is 0 Å². The summed E-state index contributed by atoms with van der Waals surface area (Å²) in [5.41, 5.74) is 5.48. The largest absolute Gasteiger partial charge is 0.456 e. The predicted octanol–water partition coefficient (Wildman–Crippen LogP) is 6.64. The molecule has 1 aromatic heterocycles. The van der Waals surface area contributed by atoms with E-state index in [0.717, 1.165) is 22.8 Å². The molecule has 0 spiro atoms. The van der Waals surface area contributed by atoms with Crippen LogP contribution in [0.4, 0.5) is 0 Å². The monoisotopic (exact) mass is 351 g/mol. The summed E-state index contributed by atoms with van der Waals surface area (Å²) in [6.45, 7) is 6.66. The van der Waals surface area contributed by atoms with Crippen molar-refractivity contribution in [1.29, 1.82) is 0 Å². The Morgan fingerprint density at radius 2 is 1.74 bits per heavy atom. The molecule has 1 aliphatic heterocycles. The molecule has 0 bridgehead atoms. The van der Waals surface area contributed by atoms with Gasteiger partial charge in [-0.05, 0) is 47.5 Å². The van der Waals surface area contributed by atoms with Crippen LogP contribution in [0.15, 0.2) is 72.9 Å². The van der Waals surface area contributed by atoms with Gasteiger partial charge in [-0.2, -0.15) is 0 Å². The molecule has 3 aromatic carbocycles. The van der Waals surface area contributed by atoms with E-state index in [1.165, 1.54) is 27.5 Å². The van der Waals surface area contributed by atoms with Gasteiger partial charge in [0, 0.05) is 28.3 Å². The van der Waals surface area contributed by atoms with Crippen molar-refractivity contribution in [3.8, 4) is 22.8 Å². The first-order valence-corrected chi connectivity index (χ1v) is 9.32. The van der Waals surface area contributed by atoms with Gasteiger partial charge in [0.1, 0.15) is 11.5 Å². The summed E-state index contributed by atoms with van der Waals surface area (Å²) in [6, 6.07) is 23.3. The number of hydrogen-bond donors (Lipinski definition) is 0. The molecule has 0 radical (unpaired) electrons. The summed E-state index contributed by atoms with van der Waals surface area (Å²) in [5.74, 6) is 1.86. The zero-order valence-corrected chi connectivity index (χ0v) is 15.8. The Kier molecular flexibility index (Phi) is 3.38. The first-order valence-electron chi connectivity index (χ1n) is 9.32. The van der Waals surface area contributed by atoms with E-state index in [4.69, 9.17) is 4.74 Å². The van der Waals surface area contributed by atoms with Gasteiger partial charge in [-0.15, -0.1) is 0 Å². The maximum absolute atomic E-state index is 6.51. The molecule has 0 saturated heterocycles. The smallest absolute Gasteiger partial charge is 0.140 e. The number of para-hydroxylation sites is 1. The van der Waals surface area contributed by atoms with Crippen molar-refractivity contribution in [1.82, 2.24) is 4.98 Å². The minimum atomic E-state index is -0.163. The van der Waals surface area contributed by atoms with E-state index in [-0.39, 0.29) is 5.41 Å². The molecule has 0 amide bonds. The van der Waals surface area contributed by atoms with Gasteiger partial charge < -0.3 is 4.74 Å². The van der Waals surface area contributed by atoms with Crippen LogP contribution in [0.2, 0.25) is 0 Å². The lowest BCUT2D eigenvalue weighted by atomic mass is 9.73. The lowest BCUT2D eigenvalue weighted by Gasteiger charge is -2.36. The minimum absolute atomic E-state index is 0.163. The molecule has 0 N–H and O–H groups in total. The number of fused-ring (bicyclic) bond motifs is 4. The third-order valence-electron chi connectivity index (χ3n) is 5.61. The molecule has 132 valence electrons. The highest BCUT2D eigenvalue weighted by molar-refractivity contribution is 5.91. The fourth-order valence-electron chi connectivity index (χ4n) is 4.25. The van der Waals surface area contributed by atoms with Crippen molar-refractivity contribution in [2.24, 2.45) is 0 Å². The van der Waals surface area contributed by atoms with E-state index in [2.05, 4.69) is 86.4 Å². The predicted molar refractivity (Wildman–Crippen MR) is 111 cm³/mol. The quantitative estimate of drug-likeness (QED) is 0.383. The third kappa shape index (κ3) is 2.37. The summed E-state index contributed by atoms with van der Waals surface area (Å²) in [7, 11) is 0. The van der Waals surface area contributed by atoms with Crippen molar-refractivity contribution in [2.45, 2.75) is 26.2 Å². The zero-order valence-electron chi connectivity index (χ0n) is 15.8. The number of aryl methyl sites for hydroxylation is 1. The SMILES string of the molecule is Cc1ccnc(-c2cccc3c2Oc2ccc4ccccc4c2C3(C)C)c1. The summed E-state index contributed by atoms with van der Waals surface area (Å²) in [4.78, 5) is 4.59. The highest BCUT2D eigenvalue weighted by Gasteiger charge is 2.37. The molecule has 0 atom stereocenters. The molecule has 2 nitrogen and oxygen atoms in total. The normalized spacial score (nSPS) is 14.3. The molecule has 5 rings (SSSR count). The second kappa shape index (κ2) is 5.68. The van der Waals surface area contributed by atoms with E-state index in [1.807, 2.05) is 12.3 Å². The van der Waals surface area contributed by atoms with E-state index in [0.29, 0.717) is 0 Å². The summed E-state index contributed by atoms with van der Waals surface area (Å²) in [5, 5.41) is 2.50. The summed E-state index contributed by atoms with van der Waals surface area (Å²) >= 11 is 0. The van der Waals surface area contributed by atoms with Gasteiger partial charge in [-0.25, -0.2) is 0 Å². The number of rotatable bonds is 1. The van der Waals surface area contributed by atoms with Crippen molar-refractivity contribution >= 4 is 10.8 Å². The average molecular weight is 351 g/mol. The van der Waals surface area contributed by atoms with Gasteiger partial charge in [0.15, 0.2) is 0 Å². The lowest BCUT2D eigenvalue weighted by molar-refractivity contribution is 0.422. The number of pyridine rings is 1. The van der Waals surface area contributed by atoms with E-state index >= 15 is 0 Å². The van der Waals surface area contributed by atoms with Crippen LogP contribution in [0, 0.1) is 6.92 Å². The molecule has 27 heavy (non-hydrogen) atoms. The number of nitrogens with zero attached hydrogens (tertiary/aromatic N) is 1. The fourth-order valence-corrected chi connectivity index (χ4v) is 4.25. The van der Waals surface area contributed by atoms with Crippen molar-refractivity contribution in [2.75, 3.05) is 0 Å². The molecule has 2 heteroatoms. The van der Waals surface area contributed by atoms with Gasteiger partial charge >= 0.3 is 0 Å². The van der Waals surface area contributed by atoms with Crippen molar-refractivity contribution < 1.29 is 4.74 Å². The van der Waals surface area contributed by atoms with E-state index < -0.39 is 0 Å². The number of aromatic nitrogens is 1. The van der Waals surface area contributed by atoms with Crippen LogP contribution in [-0.2, 0) is 5.41 Å². The highest BCUT2D eigenvalue weighted by atomic mass is 16.5. The Labute approximate surface area is 159 Å². The molecule has 0 fully saturated rings. The Hall–Kier alpha value is -3.13. The minimum Gasteiger partial charge on any atom is -0.456 e. The number of hydrogen-bond acceptors (Lipinski definition) is 2. The summed E-state index contributed by atoms with van der Waals surface area (Å²) in [6.07, 6.45) is 1.86. The van der Waals surface area contributed by atoms with Gasteiger partial charge in [-0.3, -0.25) is 4.98 Å². The van der Waals surface area contributed by atoms with Crippen LogP contribution in [-0.4, -0.2) is 4.98 Å². The highest BCUT2D eigenvalue weighted by Crippen LogP contribution is 2.52. The van der Waals surface area contributed by atoms with Gasteiger partial charge in [0.25, 0.3) is 0 Å². The Morgan fingerprint density at radius 3 is 2.59 bits per heavy atom. The standard InChI is InChI=1S/C25H21NO/c1-16-13-14-26-21(15-16)19-9-6-10-20-24(19)27-22-12-11-17-7-4-5-8-18(17)23(22)25(20,2)3/h4-15H,1-3H3. The molecule has 1 aliphatic rings. The zero-order chi connectivity index (χ0) is 18.6. The maximum Gasteiger partial charge on any atom is 0.140 e. The second-order valence-corrected chi connectivity index (χ2v) is 7.79. The lowest BCUT2D eigenvalue weighted by Crippen LogP contribution is -2.25. The van der Waals surface area contributed by atoms with Crippen LogP contribution in [0.3, 0.4) is 0 Å². The molecule has 0 aliphatic carbocycles.